The number of hydrogen-bond donors (Lipinski definition) is 0. The van der Waals surface area contributed by atoms with Gasteiger partial charge in [0.1, 0.15) is 40.7 Å². The molecule has 0 fully saturated rings. The maximum atomic E-state index is 8.00. The first-order chi connectivity index (χ1) is 8.50. The van der Waals surface area contributed by atoms with Crippen molar-refractivity contribution in [2.24, 2.45) is 0 Å². The van der Waals surface area contributed by atoms with Crippen molar-refractivity contribution in [2.75, 3.05) is 0 Å². The number of rotatable bonds is 0. The van der Waals surface area contributed by atoms with E-state index < -0.39 is 0 Å². The minimum absolute atomic E-state index is 0. The summed E-state index contributed by atoms with van der Waals surface area (Å²) in [5.74, 6) is 0. The second kappa shape index (κ2) is 304. The average Bonchev–Trinajstić information content (AvgIpc) is 3.10. The molecule has 0 spiro atoms. The van der Waals surface area contributed by atoms with Crippen molar-refractivity contribution in [1.29, 1.82) is 0 Å². The molecule has 0 aromatic carbocycles. The topological polar surface area (TPSA) is 102 Å². The van der Waals surface area contributed by atoms with Crippen molar-refractivity contribution in [2.45, 2.75) is 6.42 Å². The van der Waals surface area contributed by atoms with E-state index in [4.69, 9.17) is 28.8 Å². The minimum Gasteiger partial charge on any atom is -0.307 e. The Morgan fingerprint density at radius 2 is 0.944 bits per heavy atom. The molecule has 0 saturated carbocycles. The summed E-state index contributed by atoms with van der Waals surface area (Å²) < 4.78 is 0. The minimum atomic E-state index is 0. The Morgan fingerprint density at radius 3 is 1.00 bits per heavy atom. The van der Waals surface area contributed by atoms with Crippen LogP contribution in [-0.2, 0) is 49.2 Å². The molecule has 0 saturated heterocycles. The van der Waals surface area contributed by atoms with Crippen molar-refractivity contribution in [3.63, 3.8) is 0 Å². The van der Waals surface area contributed by atoms with E-state index in [1.807, 2.05) is 52.9 Å². The second-order valence-electron chi connectivity index (χ2n) is 1.00. The molecule has 0 bridgehead atoms. The van der Waals surface area contributed by atoms with Crippen LogP contribution in [0.25, 0.3) is 0 Å². The molecule has 1 rings (SSSR count). The van der Waals surface area contributed by atoms with Crippen molar-refractivity contribution in [3.8, 4) is 0 Å². The predicted octanol–water partition coefficient (Wildman–Crippen LogP) is 0.194. The van der Waals surface area contributed by atoms with E-state index in [0.717, 1.165) is 6.42 Å². The maximum absolute atomic E-state index is 8.00. The summed E-state index contributed by atoms with van der Waals surface area (Å²) in [4.78, 5) is 48.0. The third-order valence-electron chi connectivity index (χ3n) is 0.586. The molecule has 0 amide bonds. The Hall–Kier alpha value is -1.84. The first-order valence-electron chi connectivity index (χ1n) is 3.45. The smallest absolute Gasteiger partial charge is 0.106 e. The third kappa shape index (κ3) is 245. The fraction of sp³-hybridized carbons (Fsp3) is 0.0909. The first-order valence-corrected chi connectivity index (χ1v) is 3.45. The molecule has 0 heterocycles. The molecule has 0 aromatic rings. The molecule has 1 aliphatic rings. The zero-order chi connectivity index (χ0) is 15.5. The van der Waals surface area contributed by atoms with E-state index in [0.29, 0.717) is 0 Å². The van der Waals surface area contributed by atoms with Crippen LogP contribution in [0.5, 0.6) is 0 Å². The standard InChI is InChI=1S/C5H5.6CH2O.Re/c1-2-4-5-3-1;6*1-2;/h1-3H,4H2;6*1H2;/q-1;;;;;;;. The molecule has 105 valence electrons. The molecule has 1 radical (unpaired) electrons. The summed E-state index contributed by atoms with van der Waals surface area (Å²) in [5, 5.41) is 0. The van der Waals surface area contributed by atoms with Gasteiger partial charge in [0.15, 0.2) is 0 Å². The van der Waals surface area contributed by atoms with Crippen LogP contribution in [0.2, 0.25) is 0 Å². The molecule has 0 aromatic heterocycles. The number of hydrogen-bond acceptors (Lipinski definition) is 6. The molecule has 7 heteroatoms. The quantitative estimate of drug-likeness (QED) is 0.508. The number of carbonyl (C=O) groups excluding carboxylic acids is 6. The molecular weight excluding hydrogens is 414 g/mol. The number of allylic oxidation sites excluding steroid dienone is 4. The predicted molar refractivity (Wildman–Crippen MR) is 64.3 cm³/mol. The third-order valence-corrected chi connectivity index (χ3v) is 0.586. The van der Waals surface area contributed by atoms with Gasteiger partial charge in [0.2, 0.25) is 0 Å². The second-order valence-corrected chi connectivity index (χ2v) is 1.00. The van der Waals surface area contributed by atoms with E-state index in [2.05, 4.69) is 12.2 Å². The fourth-order valence-electron chi connectivity index (χ4n) is 0.340. The van der Waals surface area contributed by atoms with E-state index >= 15 is 0 Å². The van der Waals surface area contributed by atoms with Gasteiger partial charge in [-0.1, -0.05) is 0 Å². The zero-order valence-corrected chi connectivity index (χ0v) is 12.7. The average molecular weight is 431 g/mol. The SMILES string of the molecule is C=O.C=O.C=O.C=O.C=O.C=O.[C-]1=CC=CC1.[Re]. The molecule has 18 heavy (non-hydrogen) atoms. The van der Waals surface area contributed by atoms with Crippen LogP contribution in [0.15, 0.2) is 18.2 Å². The number of carbonyl (C=O) groups is 6. The van der Waals surface area contributed by atoms with Gasteiger partial charge in [0, 0.05) is 20.4 Å². The summed E-state index contributed by atoms with van der Waals surface area (Å²) in [6.07, 6.45) is 10.0. The van der Waals surface area contributed by atoms with Crippen molar-refractivity contribution >= 4 is 40.7 Å². The van der Waals surface area contributed by atoms with E-state index in [9.17, 15) is 0 Å². The van der Waals surface area contributed by atoms with Gasteiger partial charge in [-0.05, 0) is 0 Å². The molecule has 0 atom stereocenters. The van der Waals surface area contributed by atoms with Gasteiger partial charge < -0.3 is 28.8 Å². The van der Waals surface area contributed by atoms with Crippen molar-refractivity contribution < 1.29 is 49.2 Å². The van der Waals surface area contributed by atoms with Gasteiger partial charge in [-0.15, -0.1) is 6.42 Å². The van der Waals surface area contributed by atoms with Gasteiger partial charge in [-0.25, -0.2) is 12.2 Å². The Bertz CT molecular complexity index is 127. The Morgan fingerprint density at radius 1 is 0.667 bits per heavy atom. The molecule has 0 unspecified atom stereocenters. The fourth-order valence-corrected chi connectivity index (χ4v) is 0.340. The van der Waals surface area contributed by atoms with Crippen LogP contribution in [0.4, 0.5) is 0 Å². The molecule has 0 N–H and O–H groups in total. The van der Waals surface area contributed by atoms with Crippen LogP contribution in [-0.4, -0.2) is 40.7 Å². The van der Waals surface area contributed by atoms with Crippen LogP contribution < -0.4 is 0 Å². The summed E-state index contributed by atoms with van der Waals surface area (Å²) >= 11 is 0. The maximum Gasteiger partial charge on any atom is 0.106 e. The monoisotopic (exact) mass is 432 g/mol. The van der Waals surface area contributed by atoms with Crippen LogP contribution in [0.3, 0.4) is 0 Å². The summed E-state index contributed by atoms with van der Waals surface area (Å²) in [6, 6.07) is 0. The van der Waals surface area contributed by atoms with Gasteiger partial charge in [-0.3, -0.25) is 6.08 Å². The summed E-state index contributed by atoms with van der Waals surface area (Å²) in [7, 11) is 0. The van der Waals surface area contributed by atoms with Crippen LogP contribution in [0, 0.1) is 6.08 Å². The van der Waals surface area contributed by atoms with Gasteiger partial charge >= 0.3 is 0 Å². The van der Waals surface area contributed by atoms with Gasteiger partial charge in [0.25, 0.3) is 0 Å². The Kier molecular flexibility index (Phi) is 748. The molecular formula is C11H17O6Re-. The Balaban J connectivity index is -0.0000000167. The first kappa shape index (κ1) is 44.3. The molecule has 0 aliphatic heterocycles. The normalized spacial score (nSPS) is 6.22. The van der Waals surface area contributed by atoms with Crippen molar-refractivity contribution in [3.05, 3.63) is 24.3 Å². The van der Waals surface area contributed by atoms with Gasteiger partial charge in [-0.2, -0.15) is 6.08 Å². The summed E-state index contributed by atoms with van der Waals surface area (Å²) in [5.41, 5.74) is 0. The molecule has 6 nitrogen and oxygen atoms in total. The van der Waals surface area contributed by atoms with E-state index in [1.54, 1.807) is 0 Å². The summed E-state index contributed by atoms with van der Waals surface area (Å²) in [6.45, 7) is 12.0. The van der Waals surface area contributed by atoms with E-state index in [-0.39, 0.29) is 20.4 Å². The van der Waals surface area contributed by atoms with Crippen LogP contribution >= 0.6 is 0 Å². The zero-order valence-electron chi connectivity index (χ0n) is 10.0. The van der Waals surface area contributed by atoms with Gasteiger partial charge in [0.05, 0.1) is 0 Å². The van der Waals surface area contributed by atoms with E-state index in [1.165, 1.54) is 0 Å². The molecule has 1 aliphatic carbocycles. The van der Waals surface area contributed by atoms with Crippen molar-refractivity contribution in [1.82, 2.24) is 0 Å². The largest absolute Gasteiger partial charge is 0.307 e. The van der Waals surface area contributed by atoms with Crippen LogP contribution in [0.1, 0.15) is 6.42 Å². The Labute approximate surface area is 121 Å².